The number of amides is 2. The SMILES string of the molecule is CC(c1ncccn1)C1CNCC1C1=NC2=CN(c3cccc(F)c3)CN2C(=O)N1. The van der Waals surface area contributed by atoms with Crippen molar-refractivity contribution >= 4 is 17.6 Å². The van der Waals surface area contributed by atoms with Crippen molar-refractivity contribution < 1.29 is 9.18 Å². The van der Waals surface area contributed by atoms with E-state index in [1.54, 1.807) is 41.7 Å². The van der Waals surface area contributed by atoms with Crippen molar-refractivity contribution in [3.05, 3.63) is 66.4 Å². The van der Waals surface area contributed by atoms with Gasteiger partial charge in [0.05, 0.1) is 0 Å². The van der Waals surface area contributed by atoms with Gasteiger partial charge >= 0.3 is 6.03 Å². The third-order valence-corrected chi connectivity index (χ3v) is 5.94. The molecule has 2 amide bonds. The van der Waals surface area contributed by atoms with Crippen molar-refractivity contribution in [2.24, 2.45) is 16.8 Å². The number of carbonyl (C=O) groups is 1. The maximum atomic E-state index is 13.6. The van der Waals surface area contributed by atoms with Gasteiger partial charge < -0.3 is 10.2 Å². The lowest BCUT2D eigenvalue weighted by molar-refractivity contribution is 0.216. The summed E-state index contributed by atoms with van der Waals surface area (Å²) in [5.74, 6) is 2.05. The molecule has 3 aliphatic heterocycles. The molecule has 2 N–H and O–H groups in total. The van der Waals surface area contributed by atoms with Gasteiger partial charge in [0.25, 0.3) is 0 Å². The zero-order chi connectivity index (χ0) is 20.7. The van der Waals surface area contributed by atoms with E-state index in [1.807, 2.05) is 4.90 Å². The Morgan fingerprint density at radius 1 is 1.20 bits per heavy atom. The molecule has 2 aromatic rings. The van der Waals surface area contributed by atoms with Gasteiger partial charge in [-0.2, -0.15) is 0 Å². The van der Waals surface area contributed by atoms with Crippen LogP contribution in [0.1, 0.15) is 18.7 Å². The number of nitrogens with zero attached hydrogens (tertiary/aromatic N) is 5. The minimum Gasteiger partial charge on any atom is -0.325 e. The predicted octanol–water partition coefficient (Wildman–Crippen LogP) is 2.26. The molecule has 3 atom stereocenters. The molecule has 1 aromatic carbocycles. The summed E-state index contributed by atoms with van der Waals surface area (Å²) in [5, 5.41) is 6.38. The third-order valence-electron chi connectivity index (χ3n) is 5.94. The first kappa shape index (κ1) is 18.7. The second-order valence-corrected chi connectivity index (χ2v) is 7.76. The fourth-order valence-electron chi connectivity index (χ4n) is 4.31. The number of fused-ring (bicyclic) bond motifs is 1. The zero-order valence-electron chi connectivity index (χ0n) is 16.5. The van der Waals surface area contributed by atoms with Gasteiger partial charge in [0, 0.05) is 42.7 Å². The maximum absolute atomic E-state index is 13.6. The molecule has 0 radical (unpaired) electrons. The average Bonchev–Trinajstić information content (AvgIpc) is 3.41. The number of nitrogens with one attached hydrogen (secondary N) is 2. The minimum absolute atomic E-state index is 0.0408. The van der Waals surface area contributed by atoms with Crippen LogP contribution >= 0.6 is 0 Å². The monoisotopic (exact) mass is 407 g/mol. The van der Waals surface area contributed by atoms with Crippen LogP contribution < -0.4 is 15.5 Å². The molecule has 30 heavy (non-hydrogen) atoms. The van der Waals surface area contributed by atoms with Gasteiger partial charge in [-0.3, -0.25) is 10.2 Å². The van der Waals surface area contributed by atoms with Crippen LogP contribution in [0, 0.1) is 17.7 Å². The Bertz CT molecular complexity index is 1030. The summed E-state index contributed by atoms with van der Waals surface area (Å²) < 4.78 is 13.6. The summed E-state index contributed by atoms with van der Waals surface area (Å²) in [7, 11) is 0. The zero-order valence-corrected chi connectivity index (χ0v) is 16.5. The molecule has 1 aromatic heterocycles. The van der Waals surface area contributed by atoms with E-state index in [9.17, 15) is 9.18 Å². The Hall–Kier alpha value is -3.33. The van der Waals surface area contributed by atoms with Crippen LogP contribution in [-0.4, -0.2) is 46.5 Å². The Morgan fingerprint density at radius 2 is 2.03 bits per heavy atom. The fraction of sp³-hybridized carbons (Fsp3) is 0.333. The highest BCUT2D eigenvalue weighted by molar-refractivity contribution is 6.02. The van der Waals surface area contributed by atoms with Crippen molar-refractivity contribution in [2.75, 3.05) is 24.7 Å². The second-order valence-electron chi connectivity index (χ2n) is 7.76. The fourth-order valence-corrected chi connectivity index (χ4v) is 4.31. The van der Waals surface area contributed by atoms with E-state index in [1.165, 1.54) is 12.1 Å². The van der Waals surface area contributed by atoms with E-state index in [4.69, 9.17) is 4.99 Å². The molecule has 0 spiro atoms. The molecular formula is C21H22FN7O. The molecule has 8 nitrogen and oxygen atoms in total. The number of carbonyl (C=O) groups excluding carboxylic acids is 1. The maximum Gasteiger partial charge on any atom is 0.329 e. The number of urea groups is 1. The average molecular weight is 407 g/mol. The predicted molar refractivity (Wildman–Crippen MR) is 110 cm³/mol. The summed E-state index contributed by atoms with van der Waals surface area (Å²) in [5.41, 5.74) is 0.678. The molecule has 3 aliphatic rings. The number of aliphatic imine (C=N–C) groups is 1. The van der Waals surface area contributed by atoms with Crippen molar-refractivity contribution in [1.29, 1.82) is 0 Å². The Morgan fingerprint density at radius 3 is 2.83 bits per heavy atom. The minimum atomic E-state index is -0.318. The van der Waals surface area contributed by atoms with Gasteiger partial charge in [0.1, 0.15) is 24.1 Å². The first-order valence-electron chi connectivity index (χ1n) is 9.99. The van der Waals surface area contributed by atoms with Gasteiger partial charge in [-0.05, 0) is 36.7 Å². The van der Waals surface area contributed by atoms with Crippen molar-refractivity contribution in [1.82, 2.24) is 25.5 Å². The quantitative estimate of drug-likeness (QED) is 0.812. The number of hydrogen-bond donors (Lipinski definition) is 2. The molecule has 4 heterocycles. The molecule has 9 heteroatoms. The van der Waals surface area contributed by atoms with Crippen molar-refractivity contribution in [3.63, 3.8) is 0 Å². The first-order valence-corrected chi connectivity index (χ1v) is 9.99. The van der Waals surface area contributed by atoms with Gasteiger partial charge in [0.2, 0.25) is 0 Å². The Kier molecular flexibility index (Phi) is 4.66. The number of halogens is 1. The van der Waals surface area contributed by atoms with E-state index >= 15 is 0 Å². The summed E-state index contributed by atoms with van der Waals surface area (Å²) in [6.45, 7) is 3.93. The molecule has 1 saturated heterocycles. The van der Waals surface area contributed by atoms with Gasteiger partial charge in [-0.25, -0.2) is 24.1 Å². The number of amidine groups is 1. The van der Waals surface area contributed by atoms with E-state index in [2.05, 4.69) is 27.5 Å². The summed E-state index contributed by atoms with van der Waals surface area (Å²) >= 11 is 0. The van der Waals surface area contributed by atoms with Crippen LogP contribution in [-0.2, 0) is 0 Å². The molecule has 0 aliphatic carbocycles. The number of anilines is 1. The van der Waals surface area contributed by atoms with Crippen LogP contribution in [0.2, 0.25) is 0 Å². The van der Waals surface area contributed by atoms with E-state index in [0.717, 1.165) is 18.9 Å². The van der Waals surface area contributed by atoms with E-state index in [-0.39, 0.29) is 29.6 Å². The molecular weight excluding hydrogens is 385 g/mol. The highest BCUT2D eigenvalue weighted by Gasteiger charge is 2.40. The summed E-state index contributed by atoms with van der Waals surface area (Å²) in [4.78, 5) is 29.7. The molecule has 0 saturated carbocycles. The Labute approximate surface area is 173 Å². The Balaban J connectivity index is 1.41. The third kappa shape index (κ3) is 3.30. The molecule has 0 bridgehead atoms. The first-order chi connectivity index (χ1) is 14.6. The van der Waals surface area contributed by atoms with Crippen LogP contribution in [0.3, 0.4) is 0 Å². The normalized spacial score (nSPS) is 24.3. The van der Waals surface area contributed by atoms with E-state index in [0.29, 0.717) is 24.0 Å². The summed E-state index contributed by atoms with van der Waals surface area (Å²) in [6.07, 6.45) is 5.28. The van der Waals surface area contributed by atoms with Crippen LogP contribution in [0.15, 0.2) is 59.7 Å². The molecule has 154 valence electrons. The van der Waals surface area contributed by atoms with Gasteiger partial charge in [-0.1, -0.05) is 13.0 Å². The standard InChI is InChI=1S/C21H22FN7O/c1-13(19-24-6-3-7-25-19)16-9-23-10-17(16)20-26-18-11-28(12-29(18)21(30)27-20)15-5-2-4-14(22)8-15/h2-8,11,13,16-17,23H,9-10,12H2,1H3,(H,26,27,30). The number of hydrogen-bond acceptors (Lipinski definition) is 6. The lowest BCUT2D eigenvalue weighted by atomic mass is 9.83. The van der Waals surface area contributed by atoms with Crippen molar-refractivity contribution in [2.45, 2.75) is 12.8 Å². The summed E-state index contributed by atoms with van der Waals surface area (Å²) in [6, 6.07) is 7.87. The molecule has 5 rings (SSSR count). The van der Waals surface area contributed by atoms with Crippen LogP contribution in [0.25, 0.3) is 0 Å². The smallest absolute Gasteiger partial charge is 0.325 e. The van der Waals surface area contributed by atoms with Crippen molar-refractivity contribution in [3.8, 4) is 0 Å². The van der Waals surface area contributed by atoms with Gasteiger partial charge in [-0.15, -0.1) is 0 Å². The van der Waals surface area contributed by atoms with Crippen LogP contribution in [0.5, 0.6) is 0 Å². The number of rotatable bonds is 4. The number of aromatic nitrogens is 2. The lowest BCUT2D eigenvalue weighted by Crippen LogP contribution is -2.50. The van der Waals surface area contributed by atoms with E-state index < -0.39 is 0 Å². The highest BCUT2D eigenvalue weighted by Crippen LogP contribution is 2.33. The highest BCUT2D eigenvalue weighted by atomic mass is 19.1. The largest absolute Gasteiger partial charge is 0.329 e. The van der Waals surface area contributed by atoms with Gasteiger partial charge in [0.15, 0.2) is 5.82 Å². The lowest BCUT2D eigenvalue weighted by Gasteiger charge is -2.30. The van der Waals surface area contributed by atoms with Crippen LogP contribution in [0.4, 0.5) is 14.9 Å². The number of benzene rings is 1. The molecule has 3 unspecified atom stereocenters. The topological polar surface area (TPSA) is 85.8 Å². The second kappa shape index (κ2) is 7.49. The molecule has 1 fully saturated rings.